The molecule has 0 aliphatic heterocycles. The summed E-state index contributed by atoms with van der Waals surface area (Å²) in [5, 5.41) is 3.09. The summed E-state index contributed by atoms with van der Waals surface area (Å²) in [5.41, 5.74) is 5.52. The van der Waals surface area contributed by atoms with Crippen molar-refractivity contribution in [3.8, 4) is 0 Å². The SMILES string of the molecule is CC(C)(C)NC(=O)c1cc(N)ncc1Cl. The van der Waals surface area contributed by atoms with E-state index < -0.39 is 0 Å². The molecule has 1 amide bonds. The maximum absolute atomic E-state index is 11.8. The van der Waals surface area contributed by atoms with Gasteiger partial charge in [0.25, 0.3) is 5.91 Å². The predicted octanol–water partition coefficient (Wildman–Crippen LogP) is 1.85. The van der Waals surface area contributed by atoms with E-state index in [0.717, 1.165) is 0 Å². The summed E-state index contributed by atoms with van der Waals surface area (Å²) in [6.07, 6.45) is 1.37. The summed E-state index contributed by atoms with van der Waals surface area (Å²) in [7, 11) is 0. The van der Waals surface area contributed by atoms with Gasteiger partial charge in [-0.1, -0.05) is 11.6 Å². The van der Waals surface area contributed by atoms with Gasteiger partial charge in [-0.25, -0.2) is 4.98 Å². The Balaban J connectivity index is 2.96. The van der Waals surface area contributed by atoms with Crippen LogP contribution in [-0.4, -0.2) is 16.4 Å². The van der Waals surface area contributed by atoms with E-state index in [1.807, 2.05) is 20.8 Å². The highest BCUT2D eigenvalue weighted by Gasteiger charge is 2.17. The number of anilines is 1. The van der Waals surface area contributed by atoms with Gasteiger partial charge in [0.05, 0.1) is 10.6 Å². The molecule has 3 N–H and O–H groups in total. The van der Waals surface area contributed by atoms with Crippen LogP contribution in [0.2, 0.25) is 5.02 Å². The summed E-state index contributed by atoms with van der Waals surface area (Å²) >= 11 is 5.84. The van der Waals surface area contributed by atoms with Gasteiger partial charge in [-0.15, -0.1) is 0 Å². The third-order valence-electron chi connectivity index (χ3n) is 1.61. The number of hydrogen-bond donors (Lipinski definition) is 2. The van der Waals surface area contributed by atoms with E-state index in [2.05, 4.69) is 10.3 Å². The van der Waals surface area contributed by atoms with E-state index in [1.54, 1.807) is 0 Å². The van der Waals surface area contributed by atoms with Gasteiger partial charge < -0.3 is 11.1 Å². The molecule has 4 nitrogen and oxygen atoms in total. The van der Waals surface area contributed by atoms with Gasteiger partial charge in [0.1, 0.15) is 5.82 Å². The zero-order chi connectivity index (χ0) is 11.6. The Morgan fingerprint density at radius 1 is 1.53 bits per heavy atom. The van der Waals surface area contributed by atoms with Crippen LogP contribution in [0, 0.1) is 0 Å². The summed E-state index contributed by atoms with van der Waals surface area (Å²) in [6.45, 7) is 5.68. The van der Waals surface area contributed by atoms with E-state index in [1.165, 1.54) is 12.3 Å². The molecule has 0 spiro atoms. The number of carbonyl (C=O) groups is 1. The average molecular weight is 228 g/mol. The molecule has 0 aliphatic carbocycles. The highest BCUT2D eigenvalue weighted by Crippen LogP contribution is 2.17. The van der Waals surface area contributed by atoms with Crippen molar-refractivity contribution >= 4 is 23.3 Å². The lowest BCUT2D eigenvalue weighted by atomic mass is 10.1. The largest absolute Gasteiger partial charge is 0.384 e. The summed E-state index contributed by atoms with van der Waals surface area (Å²) in [4.78, 5) is 15.5. The van der Waals surface area contributed by atoms with E-state index in [9.17, 15) is 4.79 Å². The van der Waals surface area contributed by atoms with Gasteiger partial charge >= 0.3 is 0 Å². The highest BCUT2D eigenvalue weighted by molar-refractivity contribution is 6.33. The molecule has 0 bridgehead atoms. The van der Waals surface area contributed by atoms with Crippen LogP contribution >= 0.6 is 11.6 Å². The minimum atomic E-state index is -0.307. The van der Waals surface area contributed by atoms with Gasteiger partial charge in [0, 0.05) is 11.7 Å². The third-order valence-corrected chi connectivity index (χ3v) is 1.91. The van der Waals surface area contributed by atoms with Gasteiger partial charge in [-0.3, -0.25) is 4.79 Å². The summed E-state index contributed by atoms with van der Waals surface area (Å²) in [6, 6.07) is 1.46. The average Bonchev–Trinajstić information content (AvgIpc) is 2.06. The smallest absolute Gasteiger partial charge is 0.253 e. The van der Waals surface area contributed by atoms with Gasteiger partial charge in [0.2, 0.25) is 0 Å². The first-order chi connectivity index (χ1) is 6.79. The number of nitrogens with two attached hydrogens (primary N) is 1. The Morgan fingerprint density at radius 3 is 2.67 bits per heavy atom. The van der Waals surface area contributed by atoms with Crippen molar-refractivity contribution in [2.24, 2.45) is 0 Å². The van der Waals surface area contributed by atoms with Crippen LogP contribution in [-0.2, 0) is 0 Å². The molecule has 0 fully saturated rings. The Morgan fingerprint density at radius 2 is 2.13 bits per heavy atom. The van der Waals surface area contributed by atoms with Gasteiger partial charge in [-0.05, 0) is 26.8 Å². The fraction of sp³-hybridized carbons (Fsp3) is 0.400. The first-order valence-corrected chi connectivity index (χ1v) is 4.91. The minimum Gasteiger partial charge on any atom is -0.384 e. The second-order valence-corrected chi connectivity index (χ2v) is 4.70. The number of nitrogen functional groups attached to an aromatic ring is 1. The van der Waals surface area contributed by atoms with Crippen molar-refractivity contribution in [1.82, 2.24) is 10.3 Å². The molecule has 0 aromatic carbocycles. The second-order valence-electron chi connectivity index (χ2n) is 4.29. The van der Waals surface area contributed by atoms with Crippen LogP contribution in [0.15, 0.2) is 12.3 Å². The number of amides is 1. The van der Waals surface area contributed by atoms with Crippen LogP contribution < -0.4 is 11.1 Å². The van der Waals surface area contributed by atoms with Gasteiger partial charge in [0.15, 0.2) is 0 Å². The molecule has 1 rings (SSSR count). The van der Waals surface area contributed by atoms with Crippen molar-refractivity contribution in [3.63, 3.8) is 0 Å². The van der Waals surface area contributed by atoms with E-state index in [-0.39, 0.29) is 17.3 Å². The van der Waals surface area contributed by atoms with Gasteiger partial charge in [-0.2, -0.15) is 0 Å². The summed E-state index contributed by atoms with van der Waals surface area (Å²) in [5.74, 6) is 0.0278. The number of nitrogens with zero attached hydrogens (tertiary/aromatic N) is 1. The maximum atomic E-state index is 11.8. The molecule has 5 heteroatoms. The van der Waals surface area contributed by atoms with E-state index in [0.29, 0.717) is 10.6 Å². The molecule has 0 unspecified atom stereocenters. The molecule has 1 aromatic rings. The molecular formula is C10H14ClN3O. The van der Waals surface area contributed by atoms with Crippen LogP contribution in [0.5, 0.6) is 0 Å². The molecule has 0 saturated carbocycles. The lowest BCUT2D eigenvalue weighted by molar-refractivity contribution is 0.0919. The molecule has 0 radical (unpaired) electrons. The third kappa shape index (κ3) is 3.40. The maximum Gasteiger partial charge on any atom is 0.253 e. The van der Waals surface area contributed by atoms with Crippen molar-refractivity contribution in [1.29, 1.82) is 0 Å². The first kappa shape index (κ1) is 11.8. The van der Waals surface area contributed by atoms with Crippen molar-refractivity contribution in [2.75, 3.05) is 5.73 Å². The van der Waals surface area contributed by atoms with E-state index >= 15 is 0 Å². The Kier molecular flexibility index (Phi) is 3.19. The number of hydrogen-bond acceptors (Lipinski definition) is 3. The molecule has 0 atom stereocenters. The molecular weight excluding hydrogens is 214 g/mol. The first-order valence-electron chi connectivity index (χ1n) is 4.53. The lowest BCUT2D eigenvalue weighted by Gasteiger charge is -2.20. The van der Waals surface area contributed by atoms with Crippen LogP contribution in [0.25, 0.3) is 0 Å². The molecule has 0 saturated heterocycles. The summed E-state index contributed by atoms with van der Waals surface area (Å²) < 4.78 is 0. The number of rotatable bonds is 1. The molecule has 0 aliphatic rings. The monoisotopic (exact) mass is 227 g/mol. The quantitative estimate of drug-likeness (QED) is 0.769. The highest BCUT2D eigenvalue weighted by atomic mass is 35.5. The zero-order valence-corrected chi connectivity index (χ0v) is 9.72. The lowest BCUT2D eigenvalue weighted by Crippen LogP contribution is -2.40. The number of nitrogens with one attached hydrogen (secondary N) is 1. The number of halogens is 1. The topological polar surface area (TPSA) is 68.0 Å². The minimum absolute atomic E-state index is 0.249. The van der Waals surface area contributed by atoms with Crippen LogP contribution in [0.3, 0.4) is 0 Å². The van der Waals surface area contributed by atoms with Crippen LogP contribution in [0.1, 0.15) is 31.1 Å². The predicted molar refractivity (Wildman–Crippen MR) is 60.9 cm³/mol. The molecule has 1 heterocycles. The fourth-order valence-corrected chi connectivity index (χ4v) is 1.23. The second kappa shape index (κ2) is 4.06. The number of aromatic nitrogens is 1. The number of carbonyl (C=O) groups excluding carboxylic acids is 1. The zero-order valence-electron chi connectivity index (χ0n) is 8.97. The Bertz CT molecular complexity index is 385. The standard InChI is InChI=1S/C10H14ClN3O/c1-10(2,3)14-9(15)6-4-8(12)13-5-7(6)11/h4-5H,1-3H3,(H2,12,13)(H,14,15). The van der Waals surface area contributed by atoms with Crippen molar-refractivity contribution in [2.45, 2.75) is 26.3 Å². The normalized spacial score (nSPS) is 11.2. The van der Waals surface area contributed by atoms with E-state index in [4.69, 9.17) is 17.3 Å². The number of pyridine rings is 1. The Hall–Kier alpha value is -1.29. The Labute approximate surface area is 93.8 Å². The fourth-order valence-electron chi connectivity index (χ4n) is 1.04. The molecule has 82 valence electrons. The molecule has 15 heavy (non-hydrogen) atoms. The van der Waals surface area contributed by atoms with Crippen LogP contribution in [0.4, 0.5) is 5.82 Å². The van der Waals surface area contributed by atoms with Crippen molar-refractivity contribution in [3.05, 3.63) is 22.8 Å². The molecule has 1 aromatic heterocycles. The van der Waals surface area contributed by atoms with Crippen molar-refractivity contribution < 1.29 is 4.79 Å².